The SMILES string of the molecule is Cc1cc(N2CC(F)(F)C2)n2nc(C3CCCN3)cc2n1. The van der Waals surface area contributed by atoms with Gasteiger partial charge in [0.05, 0.1) is 24.8 Å². The van der Waals surface area contributed by atoms with E-state index in [0.29, 0.717) is 5.82 Å². The molecular formula is C14H17F2N5. The Kier molecular flexibility index (Phi) is 2.69. The predicted octanol–water partition coefficient (Wildman–Crippen LogP) is 1.92. The van der Waals surface area contributed by atoms with E-state index in [-0.39, 0.29) is 19.1 Å². The minimum Gasteiger partial charge on any atom is -0.344 e. The van der Waals surface area contributed by atoms with E-state index in [1.54, 1.807) is 9.42 Å². The molecule has 0 amide bonds. The molecule has 0 saturated carbocycles. The summed E-state index contributed by atoms with van der Waals surface area (Å²) in [7, 11) is 0. The van der Waals surface area contributed by atoms with Crippen molar-refractivity contribution in [2.24, 2.45) is 0 Å². The van der Waals surface area contributed by atoms with Crippen LogP contribution in [0, 0.1) is 6.92 Å². The number of nitrogens with zero attached hydrogens (tertiary/aromatic N) is 4. The zero-order valence-electron chi connectivity index (χ0n) is 11.8. The summed E-state index contributed by atoms with van der Waals surface area (Å²) in [5.74, 6) is -1.89. The van der Waals surface area contributed by atoms with Crippen molar-refractivity contribution in [2.75, 3.05) is 24.5 Å². The van der Waals surface area contributed by atoms with Crippen molar-refractivity contribution in [3.05, 3.63) is 23.5 Å². The number of hydrogen-bond donors (Lipinski definition) is 1. The van der Waals surface area contributed by atoms with Gasteiger partial charge in [0.15, 0.2) is 5.65 Å². The van der Waals surface area contributed by atoms with E-state index in [4.69, 9.17) is 0 Å². The molecule has 1 N–H and O–H groups in total. The van der Waals surface area contributed by atoms with Crippen LogP contribution in [0.2, 0.25) is 0 Å². The number of hydrogen-bond acceptors (Lipinski definition) is 4. The van der Waals surface area contributed by atoms with Gasteiger partial charge in [-0.2, -0.15) is 9.61 Å². The van der Waals surface area contributed by atoms with E-state index >= 15 is 0 Å². The zero-order valence-corrected chi connectivity index (χ0v) is 11.8. The Bertz CT molecular complexity index is 682. The van der Waals surface area contributed by atoms with Gasteiger partial charge in [0.2, 0.25) is 0 Å². The number of aryl methyl sites for hydroxylation is 1. The van der Waals surface area contributed by atoms with Crippen LogP contribution in [0.25, 0.3) is 5.65 Å². The van der Waals surface area contributed by atoms with E-state index < -0.39 is 5.92 Å². The molecule has 112 valence electrons. The minimum absolute atomic E-state index is 0.248. The van der Waals surface area contributed by atoms with Crippen molar-refractivity contribution < 1.29 is 8.78 Å². The summed E-state index contributed by atoms with van der Waals surface area (Å²) in [6.07, 6.45) is 2.19. The summed E-state index contributed by atoms with van der Waals surface area (Å²) >= 11 is 0. The molecular weight excluding hydrogens is 276 g/mol. The molecule has 21 heavy (non-hydrogen) atoms. The molecule has 2 aromatic rings. The maximum Gasteiger partial charge on any atom is 0.282 e. The third-order valence-electron chi connectivity index (χ3n) is 4.14. The van der Waals surface area contributed by atoms with Gasteiger partial charge in [0, 0.05) is 17.8 Å². The van der Waals surface area contributed by atoms with Crippen LogP contribution in [0.3, 0.4) is 0 Å². The van der Waals surface area contributed by atoms with Crippen molar-refractivity contribution in [3.8, 4) is 0 Å². The molecule has 0 radical (unpaired) electrons. The number of halogens is 2. The second kappa shape index (κ2) is 4.37. The molecule has 2 aromatic heterocycles. The molecule has 7 heteroatoms. The van der Waals surface area contributed by atoms with E-state index in [2.05, 4.69) is 15.4 Å². The van der Waals surface area contributed by atoms with Crippen LogP contribution < -0.4 is 10.2 Å². The molecule has 2 saturated heterocycles. The second-order valence-corrected chi connectivity index (χ2v) is 5.96. The lowest BCUT2D eigenvalue weighted by molar-refractivity contribution is -0.0269. The molecule has 2 fully saturated rings. The molecule has 4 rings (SSSR count). The number of anilines is 1. The lowest BCUT2D eigenvalue weighted by Gasteiger charge is -2.40. The van der Waals surface area contributed by atoms with Crippen molar-refractivity contribution in [3.63, 3.8) is 0 Å². The van der Waals surface area contributed by atoms with Gasteiger partial charge >= 0.3 is 0 Å². The molecule has 0 aromatic carbocycles. The Morgan fingerprint density at radius 1 is 1.33 bits per heavy atom. The van der Waals surface area contributed by atoms with Gasteiger partial charge in [-0.05, 0) is 26.3 Å². The molecule has 4 heterocycles. The van der Waals surface area contributed by atoms with Gasteiger partial charge in [-0.1, -0.05) is 0 Å². The average molecular weight is 293 g/mol. The largest absolute Gasteiger partial charge is 0.344 e. The standard InChI is InChI=1S/C14H17F2N5/c1-9-5-13(20-7-14(15,16)8-20)21-12(18-9)6-11(19-21)10-3-2-4-17-10/h5-6,10,17H,2-4,7-8H2,1H3. The average Bonchev–Trinajstić information content (AvgIpc) is 3.02. The first-order chi connectivity index (χ1) is 10.0. The lowest BCUT2D eigenvalue weighted by atomic mass is 10.1. The fourth-order valence-corrected chi connectivity index (χ4v) is 3.10. The summed E-state index contributed by atoms with van der Waals surface area (Å²) < 4.78 is 27.9. The van der Waals surface area contributed by atoms with Gasteiger partial charge in [-0.3, -0.25) is 0 Å². The van der Waals surface area contributed by atoms with Gasteiger partial charge < -0.3 is 10.2 Å². The van der Waals surface area contributed by atoms with Gasteiger partial charge in [-0.25, -0.2) is 13.8 Å². The first kappa shape index (κ1) is 12.9. The van der Waals surface area contributed by atoms with Crippen LogP contribution in [0.15, 0.2) is 12.1 Å². The van der Waals surface area contributed by atoms with Crippen LogP contribution in [0.4, 0.5) is 14.6 Å². The normalized spacial score (nSPS) is 24.5. The quantitative estimate of drug-likeness (QED) is 0.919. The highest BCUT2D eigenvalue weighted by Gasteiger charge is 2.45. The first-order valence-corrected chi connectivity index (χ1v) is 7.25. The van der Waals surface area contributed by atoms with Crippen molar-refractivity contribution in [1.82, 2.24) is 19.9 Å². The highest BCUT2D eigenvalue weighted by molar-refractivity contribution is 5.54. The van der Waals surface area contributed by atoms with Crippen molar-refractivity contribution in [2.45, 2.75) is 31.7 Å². The van der Waals surface area contributed by atoms with Gasteiger partial charge in [-0.15, -0.1) is 0 Å². The van der Waals surface area contributed by atoms with Crippen LogP contribution in [-0.2, 0) is 0 Å². The fraction of sp³-hybridized carbons (Fsp3) is 0.571. The first-order valence-electron chi connectivity index (χ1n) is 7.25. The fourth-order valence-electron chi connectivity index (χ4n) is 3.10. The molecule has 0 bridgehead atoms. The summed E-state index contributed by atoms with van der Waals surface area (Å²) in [6.45, 7) is 2.38. The second-order valence-electron chi connectivity index (χ2n) is 5.96. The molecule has 2 aliphatic heterocycles. The Labute approximate surface area is 121 Å². The Morgan fingerprint density at radius 2 is 2.14 bits per heavy atom. The van der Waals surface area contributed by atoms with Crippen LogP contribution in [0.1, 0.15) is 30.3 Å². The molecule has 0 spiro atoms. The summed E-state index contributed by atoms with van der Waals surface area (Å²) in [5, 5.41) is 7.99. The van der Waals surface area contributed by atoms with Crippen LogP contribution >= 0.6 is 0 Å². The third kappa shape index (κ3) is 2.16. The maximum atomic E-state index is 13.1. The van der Waals surface area contributed by atoms with E-state index in [1.165, 1.54) is 0 Å². The predicted molar refractivity (Wildman–Crippen MR) is 74.9 cm³/mol. The molecule has 2 aliphatic rings. The number of aromatic nitrogens is 3. The van der Waals surface area contributed by atoms with E-state index in [0.717, 1.165) is 36.4 Å². The zero-order chi connectivity index (χ0) is 14.6. The van der Waals surface area contributed by atoms with Gasteiger partial charge in [0.1, 0.15) is 5.82 Å². The molecule has 0 aliphatic carbocycles. The van der Waals surface area contributed by atoms with E-state index in [9.17, 15) is 8.78 Å². The van der Waals surface area contributed by atoms with Crippen LogP contribution in [-0.4, -0.2) is 40.2 Å². The summed E-state index contributed by atoms with van der Waals surface area (Å²) in [5.41, 5.74) is 2.49. The minimum atomic E-state index is -2.59. The Morgan fingerprint density at radius 3 is 2.81 bits per heavy atom. The smallest absolute Gasteiger partial charge is 0.282 e. The molecule has 1 unspecified atom stereocenters. The summed E-state index contributed by atoms with van der Waals surface area (Å²) in [6, 6.07) is 4.02. The highest BCUT2D eigenvalue weighted by Crippen LogP contribution is 2.33. The molecule has 1 atom stereocenters. The highest BCUT2D eigenvalue weighted by atomic mass is 19.3. The van der Waals surface area contributed by atoms with Crippen molar-refractivity contribution in [1.29, 1.82) is 0 Å². The van der Waals surface area contributed by atoms with Gasteiger partial charge in [0.25, 0.3) is 5.92 Å². The lowest BCUT2D eigenvalue weighted by Crippen LogP contribution is -2.57. The summed E-state index contributed by atoms with van der Waals surface area (Å²) in [4.78, 5) is 6.12. The topological polar surface area (TPSA) is 45.5 Å². The van der Waals surface area contributed by atoms with Crippen LogP contribution in [0.5, 0.6) is 0 Å². The number of nitrogens with one attached hydrogen (secondary N) is 1. The monoisotopic (exact) mass is 293 g/mol. The Balaban J connectivity index is 1.75. The maximum absolute atomic E-state index is 13.1. The third-order valence-corrected chi connectivity index (χ3v) is 4.14. The Hall–Kier alpha value is -1.76. The van der Waals surface area contributed by atoms with Crippen molar-refractivity contribution >= 4 is 11.5 Å². The number of rotatable bonds is 2. The molecule has 5 nitrogen and oxygen atoms in total. The van der Waals surface area contributed by atoms with E-state index in [1.807, 2.05) is 19.1 Å². The number of fused-ring (bicyclic) bond motifs is 1. The number of alkyl halides is 2.